The Bertz CT molecular complexity index is 604. The summed E-state index contributed by atoms with van der Waals surface area (Å²) >= 11 is 5.22. The van der Waals surface area contributed by atoms with Gasteiger partial charge in [0.2, 0.25) is 0 Å². The molecule has 0 aliphatic heterocycles. The zero-order chi connectivity index (χ0) is 14.0. The highest BCUT2D eigenvalue weighted by molar-refractivity contribution is 14.1. The Kier molecular flexibility index (Phi) is 4.92. The van der Waals surface area contributed by atoms with Crippen molar-refractivity contribution in [2.75, 3.05) is 0 Å². The molecule has 0 heterocycles. The summed E-state index contributed by atoms with van der Waals surface area (Å²) in [5.41, 5.74) is 6.97. The van der Waals surface area contributed by atoms with Crippen LogP contribution in [-0.2, 0) is 6.42 Å². The molecule has 0 aromatic heterocycles. The number of halogens is 4. The Morgan fingerprint density at radius 2 is 1.84 bits per heavy atom. The van der Waals surface area contributed by atoms with E-state index in [0.717, 1.165) is 9.13 Å². The van der Waals surface area contributed by atoms with Crippen LogP contribution >= 0.6 is 38.5 Å². The molecular weight excluding hydrogens is 427 g/mol. The maximum Gasteiger partial charge on any atom is 0.143 e. The van der Waals surface area contributed by atoms with Gasteiger partial charge in [0.1, 0.15) is 11.6 Å². The zero-order valence-corrected chi connectivity index (χ0v) is 13.6. The van der Waals surface area contributed by atoms with E-state index in [1.165, 1.54) is 12.1 Å². The highest BCUT2D eigenvalue weighted by atomic mass is 127. The summed E-state index contributed by atoms with van der Waals surface area (Å²) in [6.07, 6.45) is 0.122. The monoisotopic (exact) mass is 437 g/mol. The largest absolute Gasteiger partial charge is 0.324 e. The topological polar surface area (TPSA) is 26.0 Å². The van der Waals surface area contributed by atoms with E-state index in [4.69, 9.17) is 5.73 Å². The molecule has 1 nitrogen and oxygen atoms in total. The van der Waals surface area contributed by atoms with E-state index in [1.807, 2.05) is 24.3 Å². The molecule has 0 saturated heterocycles. The second-order valence-electron chi connectivity index (χ2n) is 4.15. The first-order valence-electron chi connectivity index (χ1n) is 5.63. The van der Waals surface area contributed by atoms with Gasteiger partial charge in [-0.2, -0.15) is 0 Å². The van der Waals surface area contributed by atoms with Crippen LogP contribution in [0.3, 0.4) is 0 Å². The quantitative estimate of drug-likeness (QED) is 0.552. The first-order valence-corrected chi connectivity index (χ1v) is 7.50. The van der Waals surface area contributed by atoms with E-state index in [0.29, 0.717) is 0 Å². The van der Waals surface area contributed by atoms with Gasteiger partial charge in [0.15, 0.2) is 0 Å². The smallest absolute Gasteiger partial charge is 0.143 e. The van der Waals surface area contributed by atoms with Crippen LogP contribution in [0.25, 0.3) is 0 Å². The van der Waals surface area contributed by atoms with Gasteiger partial charge in [0, 0.05) is 15.2 Å². The summed E-state index contributed by atoms with van der Waals surface area (Å²) < 4.78 is 28.8. The molecule has 0 aliphatic rings. The summed E-state index contributed by atoms with van der Waals surface area (Å²) in [7, 11) is 0. The molecule has 0 aliphatic carbocycles. The van der Waals surface area contributed by atoms with Crippen molar-refractivity contribution >= 4 is 38.5 Å². The van der Waals surface area contributed by atoms with Crippen molar-refractivity contribution in [1.82, 2.24) is 0 Å². The van der Waals surface area contributed by atoms with E-state index < -0.39 is 17.7 Å². The lowest BCUT2D eigenvalue weighted by molar-refractivity contribution is 0.535. The number of benzene rings is 2. The predicted molar refractivity (Wildman–Crippen MR) is 83.8 cm³/mol. The first-order chi connectivity index (χ1) is 9.00. The lowest BCUT2D eigenvalue weighted by atomic mass is 9.99. The van der Waals surface area contributed by atoms with E-state index in [9.17, 15) is 8.78 Å². The minimum Gasteiger partial charge on any atom is -0.324 e. The summed E-state index contributed by atoms with van der Waals surface area (Å²) in [6.45, 7) is 0. The average Bonchev–Trinajstić information content (AvgIpc) is 2.39. The van der Waals surface area contributed by atoms with Crippen LogP contribution in [0.2, 0.25) is 0 Å². The molecule has 0 radical (unpaired) electrons. The van der Waals surface area contributed by atoms with Crippen molar-refractivity contribution in [3.8, 4) is 0 Å². The van der Waals surface area contributed by atoms with Gasteiger partial charge in [0.25, 0.3) is 0 Å². The lowest BCUT2D eigenvalue weighted by Crippen LogP contribution is -2.16. The van der Waals surface area contributed by atoms with Crippen LogP contribution in [-0.4, -0.2) is 0 Å². The molecule has 5 heteroatoms. The molecule has 0 bridgehead atoms. The normalized spacial score (nSPS) is 12.5. The van der Waals surface area contributed by atoms with Crippen LogP contribution in [0, 0.1) is 15.2 Å². The van der Waals surface area contributed by atoms with Gasteiger partial charge in [-0.25, -0.2) is 8.78 Å². The van der Waals surface area contributed by atoms with Crippen LogP contribution in [0.1, 0.15) is 17.2 Å². The molecule has 2 aromatic rings. The first kappa shape index (κ1) is 14.9. The maximum absolute atomic E-state index is 13.9. The lowest BCUT2D eigenvalue weighted by Gasteiger charge is -2.15. The van der Waals surface area contributed by atoms with Gasteiger partial charge in [-0.3, -0.25) is 0 Å². The molecule has 2 rings (SSSR count). The van der Waals surface area contributed by atoms with E-state index in [1.54, 1.807) is 0 Å². The molecule has 0 fully saturated rings. The number of rotatable bonds is 3. The van der Waals surface area contributed by atoms with Crippen molar-refractivity contribution in [1.29, 1.82) is 0 Å². The Morgan fingerprint density at radius 1 is 1.16 bits per heavy atom. The molecule has 0 amide bonds. The van der Waals surface area contributed by atoms with Crippen molar-refractivity contribution in [3.63, 3.8) is 0 Å². The average molecular weight is 438 g/mol. The van der Waals surface area contributed by atoms with Crippen molar-refractivity contribution < 1.29 is 8.78 Å². The van der Waals surface area contributed by atoms with E-state index in [2.05, 4.69) is 38.5 Å². The van der Waals surface area contributed by atoms with Gasteiger partial charge in [-0.15, -0.1) is 0 Å². The van der Waals surface area contributed by atoms with E-state index in [-0.39, 0.29) is 16.5 Å². The van der Waals surface area contributed by atoms with Crippen molar-refractivity contribution in [2.24, 2.45) is 5.73 Å². The van der Waals surface area contributed by atoms with Crippen molar-refractivity contribution in [3.05, 3.63) is 67.2 Å². The second kappa shape index (κ2) is 6.28. The van der Waals surface area contributed by atoms with Crippen molar-refractivity contribution in [2.45, 2.75) is 12.5 Å². The summed E-state index contributed by atoms with van der Waals surface area (Å²) in [5, 5.41) is 0. The SMILES string of the molecule is NC(Cc1c(F)ccc(Br)c1F)c1ccccc1I. The molecule has 100 valence electrons. The molecule has 2 aromatic carbocycles. The predicted octanol–water partition coefficient (Wildman–Crippen LogP) is 4.57. The van der Waals surface area contributed by atoms with Gasteiger partial charge in [-0.05, 0) is 68.7 Å². The van der Waals surface area contributed by atoms with Crippen LogP contribution in [0.5, 0.6) is 0 Å². The molecule has 2 N–H and O–H groups in total. The Balaban J connectivity index is 2.32. The fourth-order valence-corrected chi connectivity index (χ4v) is 3.02. The maximum atomic E-state index is 13.9. The van der Waals surface area contributed by atoms with Crippen LogP contribution in [0.15, 0.2) is 40.9 Å². The third kappa shape index (κ3) is 3.32. The number of hydrogen-bond acceptors (Lipinski definition) is 1. The summed E-state index contributed by atoms with van der Waals surface area (Å²) in [6, 6.07) is 9.72. The van der Waals surface area contributed by atoms with Gasteiger partial charge >= 0.3 is 0 Å². The zero-order valence-electron chi connectivity index (χ0n) is 9.84. The molecular formula is C14H11BrF2IN. The Hall–Kier alpha value is -0.530. The molecule has 0 spiro atoms. The highest BCUT2D eigenvalue weighted by Crippen LogP contribution is 2.27. The van der Waals surface area contributed by atoms with Gasteiger partial charge < -0.3 is 5.73 Å². The minimum atomic E-state index is -0.582. The number of hydrogen-bond donors (Lipinski definition) is 1. The summed E-state index contributed by atoms with van der Waals surface area (Å²) in [4.78, 5) is 0. The Morgan fingerprint density at radius 3 is 2.53 bits per heavy atom. The number of nitrogens with two attached hydrogens (primary N) is 1. The third-order valence-electron chi connectivity index (χ3n) is 2.87. The third-order valence-corrected chi connectivity index (χ3v) is 4.46. The van der Waals surface area contributed by atoms with Crippen LogP contribution < -0.4 is 5.73 Å². The molecule has 0 saturated carbocycles. The van der Waals surface area contributed by atoms with E-state index >= 15 is 0 Å². The molecule has 19 heavy (non-hydrogen) atoms. The fourth-order valence-electron chi connectivity index (χ4n) is 1.86. The Labute approximate surface area is 132 Å². The molecule has 1 unspecified atom stereocenters. The summed E-state index contributed by atoms with van der Waals surface area (Å²) in [5.74, 6) is -1.15. The fraction of sp³-hybridized carbons (Fsp3) is 0.143. The minimum absolute atomic E-state index is 0.0153. The van der Waals surface area contributed by atoms with Gasteiger partial charge in [-0.1, -0.05) is 18.2 Å². The molecule has 1 atom stereocenters. The van der Waals surface area contributed by atoms with Gasteiger partial charge in [0.05, 0.1) is 4.47 Å². The standard InChI is InChI=1S/C14H11BrF2IN/c15-10-5-6-11(16)9(14(10)17)7-13(19)8-3-1-2-4-12(8)18/h1-6,13H,7,19H2. The highest BCUT2D eigenvalue weighted by Gasteiger charge is 2.17. The van der Waals surface area contributed by atoms with Crippen LogP contribution in [0.4, 0.5) is 8.78 Å². The second-order valence-corrected chi connectivity index (χ2v) is 6.17.